The first kappa shape index (κ1) is 22.8. The number of rotatable bonds is 6. The summed E-state index contributed by atoms with van der Waals surface area (Å²) in [6.07, 6.45) is 0.433. The molecule has 1 amide bonds. The van der Waals surface area contributed by atoms with E-state index in [1.807, 2.05) is 56.3 Å². The zero-order valence-corrected chi connectivity index (χ0v) is 19.2. The number of carbonyl (C=O) groups excluding carboxylic acids is 1. The Morgan fingerprint density at radius 3 is 2.62 bits per heavy atom. The minimum atomic E-state index is -0.410. The number of phenolic OH excluding ortho intramolecular Hbond substituents is 2. The highest BCUT2D eigenvalue weighted by Gasteiger charge is 2.16. The molecular formula is C27H25N3O4. The summed E-state index contributed by atoms with van der Waals surface area (Å²) < 4.78 is 5.33. The smallest absolute Gasteiger partial charge is 0.272 e. The van der Waals surface area contributed by atoms with E-state index in [0.29, 0.717) is 45.6 Å². The van der Waals surface area contributed by atoms with E-state index in [2.05, 4.69) is 10.5 Å². The van der Waals surface area contributed by atoms with E-state index < -0.39 is 5.91 Å². The van der Waals surface area contributed by atoms with Crippen LogP contribution in [0.1, 0.15) is 34.8 Å². The quantitative estimate of drug-likeness (QED) is 0.211. The molecule has 7 nitrogen and oxygen atoms in total. The minimum Gasteiger partial charge on any atom is -0.508 e. The third-order valence-electron chi connectivity index (χ3n) is 5.49. The second-order valence-electron chi connectivity index (χ2n) is 7.86. The Kier molecular flexibility index (Phi) is 6.45. The SMILES string of the molecule is CC/C(=N\NC(=O)c1cc(-c2cccc(OC)c2)nc2ccc(C)cc12)c1cc(O)ccc1O. The number of hydrazone groups is 1. The number of benzene rings is 3. The van der Waals surface area contributed by atoms with Crippen molar-refractivity contribution in [1.82, 2.24) is 10.4 Å². The number of phenols is 2. The molecule has 34 heavy (non-hydrogen) atoms. The van der Waals surface area contributed by atoms with Gasteiger partial charge in [0.05, 0.1) is 29.6 Å². The number of aromatic nitrogens is 1. The first-order valence-electron chi connectivity index (χ1n) is 10.8. The summed E-state index contributed by atoms with van der Waals surface area (Å²) in [5, 5.41) is 24.9. The lowest BCUT2D eigenvalue weighted by molar-refractivity contribution is 0.0956. The fraction of sp³-hybridized carbons (Fsp3) is 0.148. The van der Waals surface area contributed by atoms with Crippen LogP contribution in [0.15, 0.2) is 71.8 Å². The van der Waals surface area contributed by atoms with Crippen LogP contribution in [0.3, 0.4) is 0 Å². The van der Waals surface area contributed by atoms with Crippen LogP contribution in [-0.2, 0) is 0 Å². The number of hydrogen-bond acceptors (Lipinski definition) is 6. The van der Waals surface area contributed by atoms with Crippen molar-refractivity contribution in [2.75, 3.05) is 7.11 Å². The number of carbonyl (C=O) groups is 1. The Morgan fingerprint density at radius 2 is 1.85 bits per heavy atom. The van der Waals surface area contributed by atoms with E-state index in [-0.39, 0.29) is 11.5 Å². The number of ether oxygens (including phenoxy) is 1. The molecule has 0 unspecified atom stereocenters. The molecule has 0 radical (unpaired) electrons. The maximum Gasteiger partial charge on any atom is 0.272 e. The van der Waals surface area contributed by atoms with Crippen LogP contribution in [0.4, 0.5) is 0 Å². The summed E-state index contributed by atoms with van der Waals surface area (Å²) in [6.45, 7) is 3.80. The molecule has 0 atom stereocenters. The normalized spacial score (nSPS) is 11.4. The number of aryl methyl sites for hydroxylation is 1. The van der Waals surface area contributed by atoms with Gasteiger partial charge in [0.2, 0.25) is 0 Å². The Hall–Kier alpha value is -4.39. The highest BCUT2D eigenvalue weighted by atomic mass is 16.5. The van der Waals surface area contributed by atoms with Crippen molar-refractivity contribution in [2.24, 2.45) is 5.10 Å². The predicted octanol–water partition coefficient (Wildman–Crippen LogP) is 5.17. The van der Waals surface area contributed by atoms with Crippen LogP contribution < -0.4 is 10.2 Å². The Labute approximate surface area is 197 Å². The monoisotopic (exact) mass is 455 g/mol. The average Bonchev–Trinajstić information content (AvgIpc) is 2.85. The van der Waals surface area contributed by atoms with Crippen molar-refractivity contribution in [3.05, 3.63) is 83.4 Å². The number of fused-ring (bicyclic) bond motifs is 1. The van der Waals surface area contributed by atoms with E-state index in [1.54, 1.807) is 13.2 Å². The molecule has 0 saturated heterocycles. The van der Waals surface area contributed by atoms with Crippen LogP contribution in [0.5, 0.6) is 17.2 Å². The maximum absolute atomic E-state index is 13.3. The van der Waals surface area contributed by atoms with Gasteiger partial charge in [-0.3, -0.25) is 4.79 Å². The van der Waals surface area contributed by atoms with E-state index in [4.69, 9.17) is 9.72 Å². The molecule has 4 aromatic rings. The summed E-state index contributed by atoms with van der Waals surface area (Å²) in [5.74, 6) is 0.252. The van der Waals surface area contributed by atoms with Crippen LogP contribution >= 0.6 is 0 Å². The number of hydrogen-bond donors (Lipinski definition) is 3. The molecule has 0 fully saturated rings. The third kappa shape index (κ3) is 4.68. The molecule has 1 aromatic heterocycles. The zero-order valence-electron chi connectivity index (χ0n) is 19.2. The Bertz CT molecular complexity index is 1410. The van der Waals surface area contributed by atoms with Gasteiger partial charge < -0.3 is 14.9 Å². The number of nitrogens with zero attached hydrogens (tertiary/aromatic N) is 2. The van der Waals surface area contributed by atoms with Gasteiger partial charge in [0.25, 0.3) is 5.91 Å². The fourth-order valence-electron chi connectivity index (χ4n) is 3.72. The van der Waals surface area contributed by atoms with Crippen molar-refractivity contribution < 1.29 is 19.7 Å². The highest BCUT2D eigenvalue weighted by Crippen LogP contribution is 2.28. The number of aromatic hydroxyl groups is 2. The van der Waals surface area contributed by atoms with Crippen LogP contribution in [0.2, 0.25) is 0 Å². The van der Waals surface area contributed by atoms with E-state index in [9.17, 15) is 15.0 Å². The molecule has 0 spiro atoms. The standard InChI is InChI=1S/C27H25N3O4/c1-4-23(22-14-18(31)9-11-26(22)32)29-30-27(33)21-15-25(17-6-5-7-19(13-17)34-3)28-24-10-8-16(2)12-20(21)24/h5-15,31-32H,4H2,1-3H3,(H,30,33)/b29-23+. The lowest BCUT2D eigenvalue weighted by Crippen LogP contribution is -2.20. The van der Waals surface area contributed by atoms with Crippen molar-refractivity contribution in [3.8, 4) is 28.5 Å². The van der Waals surface area contributed by atoms with Crippen LogP contribution in [0, 0.1) is 6.92 Å². The first-order chi connectivity index (χ1) is 16.4. The molecular weight excluding hydrogens is 430 g/mol. The molecule has 3 aromatic carbocycles. The molecule has 0 aliphatic carbocycles. The first-order valence-corrected chi connectivity index (χ1v) is 10.8. The van der Waals surface area contributed by atoms with Gasteiger partial charge >= 0.3 is 0 Å². The summed E-state index contributed by atoms with van der Waals surface area (Å²) >= 11 is 0. The Balaban J connectivity index is 1.77. The van der Waals surface area contributed by atoms with Crippen LogP contribution in [-0.4, -0.2) is 33.9 Å². The van der Waals surface area contributed by atoms with Crippen molar-refractivity contribution in [2.45, 2.75) is 20.3 Å². The molecule has 0 aliphatic rings. The van der Waals surface area contributed by atoms with Crippen molar-refractivity contribution in [1.29, 1.82) is 0 Å². The summed E-state index contributed by atoms with van der Waals surface area (Å²) in [4.78, 5) is 18.1. The topological polar surface area (TPSA) is 104 Å². The second kappa shape index (κ2) is 9.62. The van der Waals surface area contributed by atoms with Gasteiger partial charge in [-0.25, -0.2) is 10.4 Å². The van der Waals surface area contributed by atoms with Crippen molar-refractivity contribution in [3.63, 3.8) is 0 Å². The highest BCUT2D eigenvalue weighted by molar-refractivity contribution is 6.09. The predicted molar refractivity (Wildman–Crippen MR) is 133 cm³/mol. The Morgan fingerprint density at radius 1 is 1.03 bits per heavy atom. The zero-order chi connectivity index (χ0) is 24.2. The fourth-order valence-corrected chi connectivity index (χ4v) is 3.72. The number of amides is 1. The number of methoxy groups -OCH3 is 1. The molecule has 4 rings (SSSR count). The molecule has 3 N–H and O–H groups in total. The van der Waals surface area contributed by atoms with E-state index in [0.717, 1.165) is 11.1 Å². The third-order valence-corrected chi connectivity index (χ3v) is 5.49. The van der Waals surface area contributed by atoms with E-state index in [1.165, 1.54) is 18.2 Å². The van der Waals surface area contributed by atoms with Gasteiger partial charge in [-0.15, -0.1) is 0 Å². The van der Waals surface area contributed by atoms with E-state index >= 15 is 0 Å². The average molecular weight is 456 g/mol. The molecule has 0 aliphatic heterocycles. The minimum absolute atomic E-state index is 0.00110. The number of nitrogens with one attached hydrogen (secondary N) is 1. The largest absolute Gasteiger partial charge is 0.508 e. The second-order valence-corrected chi connectivity index (χ2v) is 7.86. The summed E-state index contributed by atoms with van der Waals surface area (Å²) in [6, 6.07) is 19.2. The lowest BCUT2D eigenvalue weighted by atomic mass is 10.0. The summed E-state index contributed by atoms with van der Waals surface area (Å²) in [5.41, 5.74) is 6.96. The maximum atomic E-state index is 13.3. The van der Waals surface area contributed by atoms with Gasteiger partial charge in [-0.2, -0.15) is 5.10 Å². The molecule has 0 bridgehead atoms. The van der Waals surface area contributed by atoms with Gasteiger partial charge in [0.15, 0.2) is 0 Å². The van der Waals surface area contributed by atoms with Gasteiger partial charge in [-0.05, 0) is 61.9 Å². The molecule has 172 valence electrons. The molecule has 0 saturated carbocycles. The van der Waals surface area contributed by atoms with Gasteiger partial charge in [0, 0.05) is 16.5 Å². The summed E-state index contributed by atoms with van der Waals surface area (Å²) in [7, 11) is 1.60. The lowest BCUT2D eigenvalue weighted by Gasteiger charge is -2.12. The van der Waals surface area contributed by atoms with Gasteiger partial charge in [-0.1, -0.05) is 30.7 Å². The van der Waals surface area contributed by atoms with Gasteiger partial charge in [0.1, 0.15) is 17.2 Å². The molecule has 1 heterocycles. The number of pyridine rings is 1. The molecule has 7 heteroatoms. The van der Waals surface area contributed by atoms with Crippen molar-refractivity contribution >= 4 is 22.5 Å². The van der Waals surface area contributed by atoms with Crippen LogP contribution in [0.25, 0.3) is 22.2 Å².